The number of pyridine rings is 1. The van der Waals surface area contributed by atoms with Crippen molar-refractivity contribution in [1.29, 1.82) is 0 Å². The molecular weight excluding hydrogens is 394 g/mol. The molecule has 0 aliphatic heterocycles. The first-order valence-corrected chi connectivity index (χ1v) is 10.8. The van der Waals surface area contributed by atoms with Crippen LogP contribution in [0.3, 0.4) is 0 Å². The molecule has 4 aromatic rings. The third-order valence-corrected chi connectivity index (χ3v) is 5.68. The molecule has 0 unspecified atom stereocenters. The lowest BCUT2D eigenvalue weighted by molar-refractivity contribution is 0.291. The number of anilines is 2. The quantitative estimate of drug-likeness (QED) is 0.352. The molecule has 0 aliphatic carbocycles. The lowest BCUT2D eigenvalue weighted by Crippen LogP contribution is -2.03. The third kappa shape index (κ3) is 4.71. The monoisotopic (exact) mass is 419 g/mol. The Bertz CT molecular complexity index is 1120. The summed E-state index contributed by atoms with van der Waals surface area (Å²) in [5.41, 5.74) is 4.04. The van der Waals surface area contributed by atoms with E-state index in [0.717, 1.165) is 44.3 Å². The SMILES string of the molecule is COc1ccc(-c2ccc3nc(Nc4ccccc4OCCC(C)C)sc3c2)cn1. The Morgan fingerprint density at radius 1 is 1.03 bits per heavy atom. The summed E-state index contributed by atoms with van der Waals surface area (Å²) in [6.45, 7) is 5.10. The van der Waals surface area contributed by atoms with Gasteiger partial charge in [-0.1, -0.05) is 43.4 Å². The molecule has 0 aliphatic rings. The van der Waals surface area contributed by atoms with E-state index in [1.165, 1.54) is 0 Å². The molecule has 2 aromatic carbocycles. The number of para-hydroxylation sites is 2. The molecule has 4 rings (SSSR count). The van der Waals surface area contributed by atoms with E-state index >= 15 is 0 Å². The minimum Gasteiger partial charge on any atom is -0.491 e. The molecule has 0 atom stereocenters. The van der Waals surface area contributed by atoms with E-state index in [1.807, 2.05) is 48.7 Å². The topological polar surface area (TPSA) is 56.3 Å². The lowest BCUT2D eigenvalue weighted by Gasteiger charge is -2.12. The predicted molar refractivity (Wildman–Crippen MR) is 124 cm³/mol. The summed E-state index contributed by atoms with van der Waals surface area (Å²) in [7, 11) is 1.62. The molecule has 1 N–H and O–H groups in total. The molecule has 0 radical (unpaired) electrons. The van der Waals surface area contributed by atoms with Gasteiger partial charge in [-0.15, -0.1) is 0 Å². The normalized spacial score (nSPS) is 11.1. The van der Waals surface area contributed by atoms with Gasteiger partial charge in [0.1, 0.15) is 5.75 Å². The van der Waals surface area contributed by atoms with E-state index in [2.05, 4.69) is 36.3 Å². The molecular formula is C24H25N3O2S. The predicted octanol–water partition coefficient (Wildman–Crippen LogP) is 6.54. The van der Waals surface area contributed by atoms with Gasteiger partial charge in [-0.2, -0.15) is 0 Å². The van der Waals surface area contributed by atoms with Gasteiger partial charge in [0.05, 0.1) is 29.6 Å². The number of ether oxygens (including phenoxy) is 2. The van der Waals surface area contributed by atoms with Gasteiger partial charge < -0.3 is 14.8 Å². The van der Waals surface area contributed by atoms with Crippen molar-refractivity contribution in [3.63, 3.8) is 0 Å². The van der Waals surface area contributed by atoms with Gasteiger partial charge in [-0.05, 0) is 48.2 Å². The summed E-state index contributed by atoms with van der Waals surface area (Å²) >= 11 is 1.62. The van der Waals surface area contributed by atoms with E-state index in [-0.39, 0.29) is 0 Å². The molecule has 2 aromatic heterocycles. The highest BCUT2D eigenvalue weighted by molar-refractivity contribution is 7.22. The number of hydrogen-bond acceptors (Lipinski definition) is 6. The van der Waals surface area contributed by atoms with Crippen LogP contribution in [0.1, 0.15) is 20.3 Å². The number of aromatic nitrogens is 2. The van der Waals surface area contributed by atoms with E-state index < -0.39 is 0 Å². The summed E-state index contributed by atoms with van der Waals surface area (Å²) in [6.07, 6.45) is 2.85. The standard InChI is InChI=1S/C24H25N3O2S/c1-16(2)12-13-29-21-7-5-4-6-19(21)26-24-27-20-10-8-17(14-22(20)30-24)18-9-11-23(28-3)25-15-18/h4-11,14-16H,12-13H2,1-3H3,(H,26,27). The van der Waals surface area contributed by atoms with Crippen LogP contribution in [0.15, 0.2) is 60.8 Å². The van der Waals surface area contributed by atoms with Gasteiger partial charge in [0, 0.05) is 17.8 Å². The number of nitrogens with one attached hydrogen (secondary N) is 1. The Kier molecular flexibility index (Phi) is 6.14. The second-order valence-corrected chi connectivity index (χ2v) is 8.47. The maximum absolute atomic E-state index is 5.99. The smallest absolute Gasteiger partial charge is 0.212 e. The van der Waals surface area contributed by atoms with Crippen LogP contribution in [0, 0.1) is 5.92 Å². The summed E-state index contributed by atoms with van der Waals surface area (Å²) in [4.78, 5) is 9.03. The average Bonchev–Trinajstić information content (AvgIpc) is 3.16. The van der Waals surface area contributed by atoms with E-state index in [1.54, 1.807) is 18.4 Å². The highest BCUT2D eigenvalue weighted by atomic mass is 32.1. The van der Waals surface area contributed by atoms with Gasteiger partial charge in [-0.3, -0.25) is 0 Å². The van der Waals surface area contributed by atoms with E-state index in [9.17, 15) is 0 Å². The molecule has 5 nitrogen and oxygen atoms in total. The van der Waals surface area contributed by atoms with Crippen LogP contribution in [-0.2, 0) is 0 Å². The van der Waals surface area contributed by atoms with Gasteiger partial charge >= 0.3 is 0 Å². The number of benzene rings is 2. The second-order valence-electron chi connectivity index (χ2n) is 7.44. The Balaban J connectivity index is 1.54. The number of rotatable bonds is 8. The first-order chi connectivity index (χ1) is 14.6. The van der Waals surface area contributed by atoms with Crippen LogP contribution < -0.4 is 14.8 Å². The van der Waals surface area contributed by atoms with Crippen molar-refractivity contribution in [1.82, 2.24) is 9.97 Å². The maximum Gasteiger partial charge on any atom is 0.212 e. The van der Waals surface area contributed by atoms with Gasteiger partial charge in [0.2, 0.25) is 5.88 Å². The van der Waals surface area contributed by atoms with Crippen molar-refractivity contribution < 1.29 is 9.47 Å². The Morgan fingerprint density at radius 2 is 1.87 bits per heavy atom. The molecule has 6 heteroatoms. The molecule has 0 saturated carbocycles. The van der Waals surface area contributed by atoms with Crippen LogP contribution >= 0.6 is 11.3 Å². The Morgan fingerprint density at radius 3 is 2.63 bits per heavy atom. The van der Waals surface area contributed by atoms with Crippen molar-refractivity contribution in [3.8, 4) is 22.8 Å². The van der Waals surface area contributed by atoms with Crippen molar-refractivity contribution in [2.45, 2.75) is 20.3 Å². The van der Waals surface area contributed by atoms with Crippen molar-refractivity contribution in [3.05, 3.63) is 60.8 Å². The molecule has 2 heterocycles. The van der Waals surface area contributed by atoms with E-state index in [4.69, 9.17) is 14.5 Å². The van der Waals surface area contributed by atoms with Crippen molar-refractivity contribution >= 4 is 32.4 Å². The zero-order valence-electron chi connectivity index (χ0n) is 17.4. The summed E-state index contributed by atoms with van der Waals surface area (Å²) in [5, 5.41) is 4.27. The Hall–Kier alpha value is -3.12. The molecule has 0 fully saturated rings. The van der Waals surface area contributed by atoms with Gasteiger partial charge in [-0.25, -0.2) is 9.97 Å². The maximum atomic E-state index is 5.99. The highest BCUT2D eigenvalue weighted by Gasteiger charge is 2.10. The minimum atomic E-state index is 0.610. The van der Waals surface area contributed by atoms with E-state index in [0.29, 0.717) is 18.4 Å². The second kappa shape index (κ2) is 9.13. The number of nitrogens with zero attached hydrogens (tertiary/aromatic N) is 2. The molecule has 0 bridgehead atoms. The molecule has 30 heavy (non-hydrogen) atoms. The minimum absolute atomic E-state index is 0.610. The number of methoxy groups -OCH3 is 1. The van der Waals surface area contributed by atoms with Crippen molar-refractivity contribution in [2.24, 2.45) is 5.92 Å². The molecule has 0 amide bonds. The molecule has 0 saturated heterocycles. The first-order valence-electron chi connectivity index (χ1n) is 10.0. The number of thiazole rings is 1. The fraction of sp³-hybridized carbons (Fsp3) is 0.250. The summed E-state index contributed by atoms with van der Waals surface area (Å²) < 4.78 is 12.2. The fourth-order valence-electron chi connectivity index (χ4n) is 3.05. The van der Waals surface area contributed by atoms with Crippen LogP contribution in [0.4, 0.5) is 10.8 Å². The number of hydrogen-bond donors (Lipinski definition) is 1. The highest BCUT2D eigenvalue weighted by Crippen LogP contribution is 2.34. The summed E-state index contributed by atoms with van der Waals surface area (Å²) in [5.74, 6) is 2.07. The summed E-state index contributed by atoms with van der Waals surface area (Å²) in [6, 6.07) is 18.1. The molecule has 154 valence electrons. The zero-order chi connectivity index (χ0) is 20.9. The average molecular weight is 420 g/mol. The van der Waals surface area contributed by atoms with Crippen LogP contribution in [-0.4, -0.2) is 23.7 Å². The zero-order valence-corrected chi connectivity index (χ0v) is 18.2. The Labute approximate surface area is 180 Å². The third-order valence-electron chi connectivity index (χ3n) is 4.75. The van der Waals surface area contributed by atoms with Crippen LogP contribution in [0.2, 0.25) is 0 Å². The van der Waals surface area contributed by atoms with Crippen LogP contribution in [0.5, 0.6) is 11.6 Å². The molecule has 0 spiro atoms. The first kappa shape index (κ1) is 20.2. The van der Waals surface area contributed by atoms with Crippen molar-refractivity contribution in [2.75, 3.05) is 19.0 Å². The number of fused-ring (bicyclic) bond motifs is 1. The van der Waals surface area contributed by atoms with Gasteiger partial charge in [0.15, 0.2) is 5.13 Å². The fourth-order valence-corrected chi connectivity index (χ4v) is 3.96. The lowest BCUT2D eigenvalue weighted by atomic mass is 10.1. The van der Waals surface area contributed by atoms with Crippen LogP contribution in [0.25, 0.3) is 21.3 Å². The van der Waals surface area contributed by atoms with Gasteiger partial charge in [0.25, 0.3) is 0 Å². The largest absolute Gasteiger partial charge is 0.491 e.